The van der Waals surface area contributed by atoms with Crippen molar-refractivity contribution in [3.63, 3.8) is 0 Å². The maximum absolute atomic E-state index is 15.4. The number of halogens is 3. The third-order valence-electron chi connectivity index (χ3n) is 4.14. The van der Waals surface area contributed by atoms with Crippen LogP contribution >= 0.6 is 23.2 Å². The van der Waals surface area contributed by atoms with E-state index in [-0.39, 0.29) is 5.52 Å². The van der Waals surface area contributed by atoms with E-state index >= 15 is 4.39 Å². The first kappa shape index (κ1) is 17.6. The zero-order chi connectivity index (χ0) is 19.0. The summed E-state index contributed by atoms with van der Waals surface area (Å²) in [6.07, 6.45) is 3.30. The molecule has 0 unspecified atom stereocenters. The molecule has 2 heterocycles. The summed E-state index contributed by atoms with van der Waals surface area (Å²) >= 11 is 12.1. The lowest BCUT2D eigenvalue weighted by atomic mass is 10.0. The van der Waals surface area contributed by atoms with Crippen molar-refractivity contribution in [3.05, 3.63) is 70.7 Å². The predicted octanol–water partition coefficient (Wildman–Crippen LogP) is 5.85. The van der Waals surface area contributed by atoms with Crippen LogP contribution in [0.2, 0.25) is 10.0 Å². The summed E-state index contributed by atoms with van der Waals surface area (Å²) in [4.78, 5) is 13.0. The molecule has 134 valence electrons. The molecule has 0 amide bonds. The molecule has 0 aliphatic carbocycles. The van der Waals surface area contributed by atoms with Crippen LogP contribution in [0.4, 0.5) is 10.2 Å². The first-order valence-corrected chi connectivity index (χ1v) is 8.87. The first-order chi connectivity index (χ1) is 13.1. The van der Waals surface area contributed by atoms with Gasteiger partial charge in [0.15, 0.2) is 11.6 Å². The van der Waals surface area contributed by atoms with Gasteiger partial charge in [0.1, 0.15) is 11.3 Å². The number of nitrogens with zero attached hydrogens (tertiary/aromatic N) is 3. The summed E-state index contributed by atoms with van der Waals surface area (Å²) in [5.74, 6) is 0.462. The molecule has 4 nitrogen and oxygen atoms in total. The topological polar surface area (TPSA) is 50.7 Å². The maximum Gasteiger partial charge on any atom is 0.163 e. The van der Waals surface area contributed by atoms with E-state index in [0.29, 0.717) is 43.8 Å². The molecular formula is C20H13Cl2FN4. The predicted molar refractivity (Wildman–Crippen MR) is 108 cm³/mol. The maximum atomic E-state index is 15.4. The number of rotatable bonds is 3. The monoisotopic (exact) mass is 398 g/mol. The smallest absolute Gasteiger partial charge is 0.163 e. The largest absolute Gasteiger partial charge is 0.373 e. The van der Waals surface area contributed by atoms with Crippen molar-refractivity contribution in [2.45, 2.75) is 0 Å². The van der Waals surface area contributed by atoms with E-state index in [2.05, 4.69) is 20.3 Å². The van der Waals surface area contributed by atoms with Gasteiger partial charge in [-0.2, -0.15) is 0 Å². The SMILES string of the molecule is CNc1nc(-c2cccnc2)nc2c(F)c(-c3cc(Cl)cc(Cl)c3)ccc12. The van der Waals surface area contributed by atoms with Gasteiger partial charge in [-0.15, -0.1) is 0 Å². The van der Waals surface area contributed by atoms with E-state index in [1.54, 1.807) is 55.8 Å². The molecule has 0 aliphatic rings. The van der Waals surface area contributed by atoms with Crippen LogP contribution in [0.15, 0.2) is 54.9 Å². The fourth-order valence-electron chi connectivity index (χ4n) is 2.91. The van der Waals surface area contributed by atoms with E-state index in [0.717, 1.165) is 0 Å². The number of benzene rings is 2. The number of hydrogen-bond acceptors (Lipinski definition) is 4. The Hall–Kier alpha value is -2.76. The van der Waals surface area contributed by atoms with Crippen LogP contribution < -0.4 is 5.32 Å². The fraction of sp³-hybridized carbons (Fsp3) is 0.0500. The molecule has 0 fully saturated rings. The molecule has 0 bridgehead atoms. The van der Waals surface area contributed by atoms with Gasteiger partial charge in [0.05, 0.1) is 0 Å². The van der Waals surface area contributed by atoms with E-state index in [9.17, 15) is 0 Å². The van der Waals surface area contributed by atoms with Crippen LogP contribution in [0.5, 0.6) is 0 Å². The van der Waals surface area contributed by atoms with Crippen LogP contribution in [-0.2, 0) is 0 Å². The Kier molecular flexibility index (Phi) is 4.64. The highest BCUT2D eigenvalue weighted by molar-refractivity contribution is 6.35. The molecule has 0 aliphatic heterocycles. The minimum Gasteiger partial charge on any atom is -0.373 e. The number of fused-ring (bicyclic) bond motifs is 1. The molecule has 4 aromatic rings. The molecular weight excluding hydrogens is 386 g/mol. The number of nitrogens with one attached hydrogen (secondary N) is 1. The second kappa shape index (κ2) is 7.10. The summed E-state index contributed by atoms with van der Waals surface area (Å²) in [6.45, 7) is 0. The molecule has 0 saturated heterocycles. The fourth-order valence-corrected chi connectivity index (χ4v) is 3.44. The number of pyridine rings is 1. The summed E-state index contributed by atoms with van der Waals surface area (Å²) in [7, 11) is 1.73. The van der Waals surface area contributed by atoms with Crippen LogP contribution in [0.3, 0.4) is 0 Å². The van der Waals surface area contributed by atoms with Crippen LogP contribution in [0.1, 0.15) is 0 Å². The highest BCUT2D eigenvalue weighted by atomic mass is 35.5. The Morgan fingerprint density at radius 1 is 0.963 bits per heavy atom. The van der Waals surface area contributed by atoms with Gasteiger partial charge in [0.25, 0.3) is 0 Å². The van der Waals surface area contributed by atoms with E-state index in [1.807, 2.05) is 6.07 Å². The summed E-state index contributed by atoms with van der Waals surface area (Å²) in [5.41, 5.74) is 1.86. The molecule has 27 heavy (non-hydrogen) atoms. The first-order valence-electron chi connectivity index (χ1n) is 8.11. The Labute approximate surface area is 165 Å². The van der Waals surface area contributed by atoms with E-state index in [4.69, 9.17) is 23.2 Å². The van der Waals surface area contributed by atoms with E-state index in [1.165, 1.54) is 0 Å². The van der Waals surface area contributed by atoms with Gasteiger partial charge in [0.2, 0.25) is 0 Å². The minimum atomic E-state index is -0.463. The van der Waals surface area contributed by atoms with Crippen molar-refractivity contribution >= 4 is 39.9 Å². The zero-order valence-corrected chi connectivity index (χ0v) is 15.7. The molecule has 2 aromatic carbocycles. The van der Waals surface area contributed by atoms with Gasteiger partial charge in [-0.1, -0.05) is 29.3 Å². The summed E-state index contributed by atoms with van der Waals surface area (Å²) < 4.78 is 15.4. The Morgan fingerprint density at radius 3 is 2.41 bits per heavy atom. The van der Waals surface area contributed by atoms with Crippen molar-refractivity contribution in [2.24, 2.45) is 0 Å². The number of aromatic nitrogens is 3. The lowest BCUT2D eigenvalue weighted by Gasteiger charge is -2.12. The standard InChI is InChI=1S/C20H13Cl2FN4/c1-24-20-16-5-4-15(12-7-13(21)9-14(22)8-12)17(23)18(16)26-19(27-20)11-3-2-6-25-10-11/h2-10H,1H3,(H,24,26,27). The number of anilines is 1. The molecule has 0 spiro atoms. The van der Waals surface area contributed by atoms with Gasteiger partial charge < -0.3 is 5.32 Å². The van der Waals surface area contributed by atoms with Gasteiger partial charge in [-0.3, -0.25) is 4.98 Å². The third kappa shape index (κ3) is 3.31. The van der Waals surface area contributed by atoms with Gasteiger partial charge in [0, 0.05) is 46.0 Å². The van der Waals surface area contributed by atoms with Crippen LogP contribution in [0, 0.1) is 5.82 Å². The molecule has 7 heteroatoms. The third-order valence-corrected chi connectivity index (χ3v) is 4.57. The summed E-state index contributed by atoms with van der Waals surface area (Å²) in [5, 5.41) is 4.46. The normalized spacial score (nSPS) is 11.0. The van der Waals surface area contributed by atoms with Crippen LogP contribution in [0.25, 0.3) is 33.4 Å². The Balaban J connectivity index is 1.98. The van der Waals surface area contributed by atoms with Crippen molar-refractivity contribution in [3.8, 4) is 22.5 Å². The van der Waals surface area contributed by atoms with Crippen LogP contribution in [-0.4, -0.2) is 22.0 Å². The van der Waals surface area contributed by atoms with Crippen molar-refractivity contribution in [1.82, 2.24) is 15.0 Å². The molecule has 0 radical (unpaired) electrons. The highest BCUT2D eigenvalue weighted by Crippen LogP contribution is 2.34. The highest BCUT2D eigenvalue weighted by Gasteiger charge is 2.16. The Morgan fingerprint density at radius 2 is 1.74 bits per heavy atom. The van der Waals surface area contributed by atoms with Crippen molar-refractivity contribution < 1.29 is 4.39 Å². The lowest BCUT2D eigenvalue weighted by Crippen LogP contribution is -2.01. The molecule has 4 rings (SSSR count). The molecule has 0 saturated carbocycles. The molecule has 0 atom stereocenters. The summed E-state index contributed by atoms with van der Waals surface area (Å²) in [6, 6.07) is 12.0. The second-order valence-electron chi connectivity index (χ2n) is 5.87. The average molecular weight is 399 g/mol. The van der Waals surface area contributed by atoms with Gasteiger partial charge >= 0.3 is 0 Å². The number of hydrogen-bond donors (Lipinski definition) is 1. The lowest BCUT2D eigenvalue weighted by molar-refractivity contribution is 0.640. The minimum absolute atomic E-state index is 0.210. The van der Waals surface area contributed by atoms with E-state index < -0.39 is 5.82 Å². The average Bonchev–Trinajstić information content (AvgIpc) is 2.67. The van der Waals surface area contributed by atoms with Gasteiger partial charge in [-0.25, -0.2) is 14.4 Å². The van der Waals surface area contributed by atoms with Crippen molar-refractivity contribution in [1.29, 1.82) is 0 Å². The molecule has 1 N–H and O–H groups in total. The Bertz CT molecular complexity index is 1130. The van der Waals surface area contributed by atoms with Gasteiger partial charge in [-0.05, 0) is 42.0 Å². The zero-order valence-electron chi connectivity index (χ0n) is 14.2. The quantitative estimate of drug-likeness (QED) is 0.470. The second-order valence-corrected chi connectivity index (χ2v) is 6.74. The van der Waals surface area contributed by atoms with Crippen molar-refractivity contribution in [2.75, 3.05) is 12.4 Å². The molecule has 2 aromatic heterocycles.